The molecule has 1 aromatic carbocycles. The predicted octanol–water partition coefficient (Wildman–Crippen LogP) is 4.14. The number of fused-ring (bicyclic) bond motifs is 1. The Morgan fingerprint density at radius 1 is 1.16 bits per heavy atom. The van der Waals surface area contributed by atoms with Crippen molar-refractivity contribution in [2.75, 3.05) is 24.5 Å². The average Bonchev–Trinajstić information content (AvgIpc) is 3.46. The molecule has 1 unspecified atom stereocenters. The fourth-order valence-electron chi connectivity index (χ4n) is 5.03. The number of imidazole rings is 1. The van der Waals surface area contributed by atoms with Crippen LogP contribution in [0, 0.1) is 5.82 Å². The summed E-state index contributed by atoms with van der Waals surface area (Å²) >= 11 is 0. The Bertz CT molecular complexity index is 1080. The van der Waals surface area contributed by atoms with E-state index in [0.717, 1.165) is 62.8 Å². The van der Waals surface area contributed by atoms with Crippen LogP contribution in [-0.4, -0.2) is 41.0 Å². The molecule has 2 fully saturated rings. The second kappa shape index (κ2) is 9.28. The smallest absolute Gasteiger partial charge is 0.240 e. The number of hydrogen-bond acceptors (Lipinski definition) is 4. The molecule has 2 aliphatic rings. The number of piperidine rings is 1. The second-order valence-corrected chi connectivity index (χ2v) is 8.91. The number of aromatic nitrogens is 2. The number of carbonyl (C=O) groups excluding carboxylic acids is 1. The average molecular weight is 436 g/mol. The van der Waals surface area contributed by atoms with Gasteiger partial charge in [0.1, 0.15) is 12.4 Å². The van der Waals surface area contributed by atoms with E-state index in [2.05, 4.69) is 16.7 Å². The summed E-state index contributed by atoms with van der Waals surface area (Å²) in [6.45, 7) is 2.02. The van der Waals surface area contributed by atoms with Crippen molar-refractivity contribution in [3.05, 3.63) is 60.2 Å². The lowest BCUT2D eigenvalue weighted by Gasteiger charge is -2.24. The summed E-state index contributed by atoms with van der Waals surface area (Å²) in [7, 11) is 0. The normalized spacial score (nSPS) is 19.3. The molecule has 0 spiro atoms. The van der Waals surface area contributed by atoms with E-state index >= 15 is 0 Å². The Labute approximate surface area is 187 Å². The van der Waals surface area contributed by atoms with Gasteiger partial charge in [0.05, 0.1) is 11.2 Å². The van der Waals surface area contributed by atoms with Crippen molar-refractivity contribution in [1.29, 1.82) is 0 Å². The molecule has 0 bridgehead atoms. The topological polar surface area (TPSA) is 61.7 Å². The number of carbonyl (C=O) groups is 1. The molecule has 1 aliphatic carbocycles. The maximum atomic E-state index is 14.2. The van der Waals surface area contributed by atoms with E-state index in [9.17, 15) is 9.18 Å². The van der Waals surface area contributed by atoms with Crippen LogP contribution in [0.4, 0.5) is 16.0 Å². The molecule has 0 radical (unpaired) electrons. The van der Waals surface area contributed by atoms with Gasteiger partial charge in [0, 0.05) is 30.4 Å². The van der Waals surface area contributed by atoms with Crippen LogP contribution in [-0.2, 0) is 4.79 Å². The van der Waals surface area contributed by atoms with Gasteiger partial charge in [0.25, 0.3) is 0 Å². The Morgan fingerprint density at radius 3 is 2.81 bits per heavy atom. The molecule has 7 heteroatoms. The standard InChI is InChI=1S/C25H30FN5O/c26-19-8-5-11-21(15-19)31(17-23(32)28-20-9-1-2-10-20)25-29-24(18-7-6-13-27-16-18)22-12-3-4-14-30(22)25/h3-5,8,11-12,14-15,18,20,27H,1-2,6-7,9-10,13,16-17H2,(H,28,32). The molecule has 1 saturated carbocycles. The molecular formula is C25H30FN5O. The Morgan fingerprint density at radius 2 is 2.03 bits per heavy atom. The lowest BCUT2D eigenvalue weighted by atomic mass is 9.95. The molecule has 168 valence electrons. The highest BCUT2D eigenvalue weighted by atomic mass is 19.1. The van der Waals surface area contributed by atoms with Gasteiger partial charge in [-0.15, -0.1) is 0 Å². The Hall–Kier alpha value is -2.93. The van der Waals surface area contributed by atoms with Gasteiger partial charge in [-0.05, 0) is 62.6 Å². The number of benzene rings is 1. The number of nitrogens with zero attached hydrogens (tertiary/aromatic N) is 3. The van der Waals surface area contributed by atoms with E-state index in [4.69, 9.17) is 4.98 Å². The summed E-state index contributed by atoms with van der Waals surface area (Å²) in [5.41, 5.74) is 2.69. The highest BCUT2D eigenvalue weighted by Crippen LogP contribution is 2.33. The Kier molecular flexibility index (Phi) is 6.08. The maximum absolute atomic E-state index is 14.2. The number of nitrogens with one attached hydrogen (secondary N) is 2. The SMILES string of the molecule is O=C(CN(c1cccc(F)c1)c1nc(C2CCCNC2)c2ccccn12)NC1CCCC1. The van der Waals surface area contributed by atoms with Crippen molar-refractivity contribution in [3.8, 4) is 0 Å². The van der Waals surface area contributed by atoms with Gasteiger partial charge in [0.15, 0.2) is 0 Å². The third-order valence-electron chi connectivity index (χ3n) is 6.63. The molecule has 3 aromatic rings. The summed E-state index contributed by atoms with van der Waals surface area (Å²) in [6.07, 6.45) is 8.52. The third-order valence-corrected chi connectivity index (χ3v) is 6.63. The molecule has 6 nitrogen and oxygen atoms in total. The molecule has 1 saturated heterocycles. The van der Waals surface area contributed by atoms with Crippen LogP contribution in [0.2, 0.25) is 0 Å². The minimum Gasteiger partial charge on any atom is -0.352 e. The molecule has 2 N–H and O–H groups in total. The van der Waals surface area contributed by atoms with Crippen molar-refractivity contribution in [1.82, 2.24) is 20.0 Å². The van der Waals surface area contributed by atoms with E-state index < -0.39 is 0 Å². The molecule has 1 aliphatic heterocycles. The summed E-state index contributed by atoms with van der Waals surface area (Å²) in [5, 5.41) is 6.63. The van der Waals surface area contributed by atoms with Crippen LogP contribution in [0.3, 0.4) is 0 Å². The van der Waals surface area contributed by atoms with Gasteiger partial charge in [-0.2, -0.15) is 0 Å². The number of pyridine rings is 1. The third kappa shape index (κ3) is 4.35. The first kappa shape index (κ1) is 20.9. The molecule has 2 aromatic heterocycles. The largest absolute Gasteiger partial charge is 0.352 e. The number of amides is 1. The first-order chi connectivity index (χ1) is 15.7. The fourth-order valence-corrected chi connectivity index (χ4v) is 5.03. The van der Waals surface area contributed by atoms with E-state index in [1.807, 2.05) is 33.7 Å². The molecule has 1 atom stereocenters. The van der Waals surface area contributed by atoms with Crippen LogP contribution < -0.4 is 15.5 Å². The van der Waals surface area contributed by atoms with Crippen molar-refractivity contribution in [2.24, 2.45) is 0 Å². The Balaban J connectivity index is 1.54. The van der Waals surface area contributed by atoms with Crippen LogP contribution in [0.5, 0.6) is 0 Å². The van der Waals surface area contributed by atoms with E-state index in [-0.39, 0.29) is 24.3 Å². The zero-order valence-electron chi connectivity index (χ0n) is 18.3. The number of halogens is 1. The minimum absolute atomic E-state index is 0.0604. The monoisotopic (exact) mass is 435 g/mol. The van der Waals surface area contributed by atoms with Crippen LogP contribution in [0.1, 0.15) is 50.1 Å². The predicted molar refractivity (Wildman–Crippen MR) is 124 cm³/mol. The van der Waals surface area contributed by atoms with Crippen molar-refractivity contribution >= 4 is 23.1 Å². The lowest BCUT2D eigenvalue weighted by molar-refractivity contribution is -0.120. The number of rotatable bonds is 6. The highest BCUT2D eigenvalue weighted by Gasteiger charge is 2.27. The van der Waals surface area contributed by atoms with E-state index in [1.54, 1.807) is 6.07 Å². The summed E-state index contributed by atoms with van der Waals surface area (Å²) in [6, 6.07) is 12.7. The first-order valence-corrected chi connectivity index (χ1v) is 11.7. The van der Waals surface area contributed by atoms with Crippen LogP contribution >= 0.6 is 0 Å². The number of hydrogen-bond donors (Lipinski definition) is 2. The van der Waals surface area contributed by atoms with Gasteiger partial charge >= 0.3 is 0 Å². The molecule has 5 rings (SSSR count). The summed E-state index contributed by atoms with van der Waals surface area (Å²) < 4.78 is 16.2. The van der Waals surface area contributed by atoms with Gasteiger partial charge in [-0.1, -0.05) is 25.0 Å². The van der Waals surface area contributed by atoms with Gasteiger partial charge in [-0.25, -0.2) is 9.37 Å². The summed E-state index contributed by atoms with van der Waals surface area (Å²) in [5.74, 6) is 0.570. The highest BCUT2D eigenvalue weighted by molar-refractivity contribution is 5.84. The lowest BCUT2D eigenvalue weighted by Crippen LogP contribution is -2.40. The minimum atomic E-state index is -0.332. The van der Waals surface area contributed by atoms with Gasteiger partial charge in [-0.3, -0.25) is 9.20 Å². The fraction of sp³-hybridized carbons (Fsp3) is 0.440. The first-order valence-electron chi connectivity index (χ1n) is 11.7. The van der Waals surface area contributed by atoms with Crippen molar-refractivity contribution in [3.63, 3.8) is 0 Å². The zero-order valence-corrected chi connectivity index (χ0v) is 18.3. The molecule has 1 amide bonds. The number of anilines is 2. The van der Waals surface area contributed by atoms with Crippen LogP contribution in [0.15, 0.2) is 48.7 Å². The van der Waals surface area contributed by atoms with E-state index in [0.29, 0.717) is 17.6 Å². The van der Waals surface area contributed by atoms with E-state index in [1.165, 1.54) is 12.1 Å². The second-order valence-electron chi connectivity index (χ2n) is 8.91. The van der Waals surface area contributed by atoms with Gasteiger partial charge < -0.3 is 15.5 Å². The molecule has 32 heavy (non-hydrogen) atoms. The van der Waals surface area contributed by atoms with Crippen molar-refractivity contribution < 1.29 is 9.18 Å². The van der Waals surface area contributed by atoms with Crippen molar-refractivity contribution in [2.45, 2.75) is 50.5 Å². The van der Waals surface area contributed by atoms with Gasteiger partial charge in [0.2, 0.25) is 11.9 Å². The zero-order chi connectivity index (χ0) is 21.9. The summed E-state index contributed by atoms with van der Waals surface area (Å²) in [4.78, 5) is 19.9. The molecular weight excluding hydrogens is 405 g/mol. The molecule has 3 heterocycles. The quantitative estimate of drug-likeness (QED) is 0.611. The maximum Gasteiger partial charge on any atom is 0.240 e. The van der Waals surface area contributed by atoms with Crippen LogP contribution in [0.25, 0.3) is 5.52 Å².